The van der Waals surface area contributed by atoms with Gasteiger partial charge in [0.2, 0.25) is 0 Å². The first kappa shape index (κ1) is 16.7. The summed E-state index contributed by atoms with van der Waals surface area (Å²) in [4.78, 5) is 26.5. The molecule has 0 aliphatic rings. The number of hydrogen-bond donors (Lipinski definition) is 1. The van der Waals surface area contributed by atoms with Gasteiger partial charge in [0.1, 0.15) is 11.3 Å². The van der Waals surface area contributed by atoms with Crippen molar-refractivity contribution in [2.24, 2.45) is 0 Å². The van der Waals surface area contributed by atoms with Crippen molar-refractivity contribution in [2.45, 2.75) is 39.7 Å². The van der Waals surface area contributed by atoms with Crippen LogP contribution in [0.3, 0.4) is 0 Å². The smallest absolute Gasteiger partial charge is 0.407 e. The maximum atomic E-state index is 11.4. The van der Waals surface area contributed by atoms with Crippen LogP contribution in [-0.2, 0) is 4.74 Å². The molecule has 0 saturated heterocycles. The number of hydrogen-bond acceptors (Lipinski definition) is 4. The third-order valence-corrected chi connectivity index (χ3v) is 2.30. The Morgan fingerprint density at radius 2 is 2.05 bits per heavy atom. The highest BCUT2D eigenvalue weighted by Crippen LogP contribution is 2.06. The van der Waals surface area contributed by atoms with E-state index in [0.29, 0.717) is 24.2 Å². The number of ether oxygens (including phenoxy) is 1. The lowest BCUT2D eigenvalue weighted by molar-refractivity contribution is 0.0529. The minimum atomic E-state index is -0.502. The highest BCUT2D eigenvalue weighted by Gasteiger charge is 2.15. The molecule has 5 nitrogen and oxygen atoms in total. The van der Waals surface area contributed by atoms with Gasteiger partial charge in [-0.3, -0.25) is 4.79 Å². The van der Waals surface area contributed by atoms with E-state index in [1.54, 1.807) is 12.1 Å². The largest absolute Gasteiger partial charge is 0.444 e. The molecule has 0 aliphatic heterocycles. The number of carbonyl (C=O) groups is 2. The summed E-state index contributed by atoms with van der Waals surface area (Å²) in [5.41, 5.74) is 0.655. The first-order chi connectivity index (χ1) is 9.78. The summed E-state index contributed by atoms with van der Waals surface area (Å²) in [7, 11) is 0. The predicted octanol–water partition coefficient (Wildman–Crippen LogP) is 2.55. The van der Waals surface area contributed by atoms with Crippen molar-refractivity contribution in [2.75, 3.05) is 6.54 Å². The van der Waals surface area contributed by atoms with Crippen molar-refractivity contribution < 1.29 is 14.3 Å². The average Bonchev–Trinajstić information content (AvgIpc) is 2.36. The number of nitrogens with one attached hydrogen (secondary N) is 1. The van der Waals surface area contributed by atoms with Crippen molar-refractivity contribution in [3.63, 3.8) is 0 Å². The molecule has 0 unspecified atom stereocenters. The molecule has 21 heavy (non-hydrogen) atoms. The molecular formula is C16H20N2O3. The number of nitrogens with zero attached hydrogens (tertiary/aromatic N) is 1. The highest BCUT2D eigenvalue weighted by molar-refractivity contribution is 5.93. The van der Waals surface area contributed by atoms with Gasteiger partial charge >= 0.3 is 6.09 Å². The summed E-state index contributed by atoms with van der Waals surface area (Å²) in [6.07, 6.45) is 1.55. The number of rotatable bonds is 3. The lowest BCUT2D eigenvalue weighted by Crippen LogP contribution is -2.32. The molecule has 1 rings (SSSR count). The molecular weight excluding hydrogens is 268 g/mol. The quantitative estimate of drug-likeness (QED) is 0.527. The van der Waals surface area contributed by atoms with Crippen LogP contribution in [-0.4, -0.2) is 29.0 Å². The topological polar surface area (TPSA) is 68.3 Å². The molecule has 1 aromatic heterocycles. The fraction of sp³-hybridized carbons (Fsp3) is 0.438. The minimum Gasteiger partial charge on any atom is -0.444 e. The van der Waals surface area contributed by atoms with E-state index in [2.05, 4.69) is 22.1 Å². The van der Waals surface area contributed by atoms with Crippen LogP contribution in [0, 0.1) is 11.8 Å². The summed E-state index contributed by atoms with van der Waals surface area (Å²) in [6.45, 7) is 7.33. The van der Waals surface area contributed by atoms with Gasteiger partial charge in [0.05, 0.1) is 0 Å². The number of ketones is 1. The Morgan fingerprint density at radius 3 is 2.57 bits per heavy atom. The third-order valence-electron chi connectivity index (χ3n) is 2.30. The molecule has 0 aliphatic carbocycles. The Hall–Kier alpha value is -2.35. The molecule has 0 aromatic carbocycles. The summed E-state index contributed by atoms with van der Waals surface area (Å²) in [5, 5.41) is 2.62. The van der Waals surface area contributed by atoms with Gasteiger partial charge in [-0.25, -0.2) is 9.78 Å². The molecule has 0 radical (unpaired) electrons. The lowest BCUT2D eigenvalue weighted by Gasteiger charge is -2.19. The molecule has 0 bridgehead atoms. The van der Waals surface area contributed by atoms with E-state index >= 15 is 0 Å². The second-order valence-electron chi connectivity index (χ2n) is 5.47. The molecule has 0 atom stereocenters. The molecule has 0 fully saturated rings. The van der Waals surface area contributed by atoms with Crippen LogP contribution in [0.4, 0.5) is 4.79 Å². The van der Waals surface area contributed by atoms with Crippen LogP contribution < -0.4 is 5.32 Å². The van der Waals surface area contributed by atoms with Crippen LogP contribution in [0.25, 0.3) is 0 Å². The number of aromatic nitrogens is 1. The number of amides is 1. The molecule has 5 heteroatoms. The normalized spacial score (nSPS) is 10.3. The van der Waals surface area contributed by atoms with Crippen molar-refractivity contribution >= 4 is 11.9 Å². The number of carbonyl (C=O) groups excluding carboxylic acids is 2. The van der Waals surface area contributed by atoms with E-state index in [0.717, 1.165) is 0 Å². The Kier molecular flexibility index (Phi) is 5.92. The molecule has 0 spiro atoms. The zero-order valence-electron chi connectivity index (χ0n) is 12.8. The molecule has 1 amide bonds. The minimum absolute atomic E-state index is 0.0245. The van der Waals surface area contributed by atoms with Gasteiger partial charge in [-0.2, -0.15) is 0 Å². The Bertz CT molecular complexity index is 560. The number of alkyl carbamates (subject to hydrolysis) is 1. The van der Waals surface area contributed by atoms with Crippen LogP contribution in [0.2, 0.25) is 0 Å². The second kappa shape index (κ2) is 7.44. The Morgan fingerprint density at radius 1 is 1.33 bits per heavy atom. The van der Waals surface area contributed by atoms with Gasteiger partial charge < -0.3 is 10.1 Å². The molecule has 112 valence electrons. The summed E-state index contributed by atoms with van der Waals surface area (Å²) in [6, 6.07) is 3.39. The molecule has 1 N–H and O–H groups in total. The van der Waals surface area contributed by atoms with Crippen LogP contribution >= 0.6 is 0 Å². The van der Waals surface area contributed by atoms with E-state index in [4.69, 9.17) is 4.74 Å². The standard InChI is InChI=1S/C16H20N2O3/c1-12(19)13-8-9-14(18-11-13)7-5-6-10-17-15(20)21-16(2,3)4/h8-9,11H,6,10H2,1-4H3,(H,17,20). The summed E-state index contributed by atoms with van der Waals surface area (Å²) in [5.74, 6) is 5.74. The summed E-state index contributed by atoms with van der Waals surface area (Å²) < 4.78 is 5.10. The second-order valence-corrected chi connectivity index (χ2v) is 5.47. The lowest BCUT2D eigenvalue weighted by atomic mass is 10.2. The average molecular weight is 288 g/mol. The Balaban J connectivity index is 2.36. The van der Waals surface area contributed by atoms with Gasteiger partial charge in [-0.05, 0) is 45.7 Å². The molecule has 1 aromatic rings. The van der Waals surface area contributed by atoms with E-state index in [1.165, 1.54) is 13.1 Å². The van der Waals surface area contributed by atoms with Crippen molar-refractivity contribution in [1.29, 1.82) is 0 Å². The predicted molar refractivity (Wildman–Crippen MR) is 80.0 cm³/mol. The van der Waals surface area contributed by atoms with Gasteiger partial charge in [-0.1, -0.05) is 5.92 Å². The van der Waals surface area contributed by atoms with Crippen molar-refractivity contribution in [1.82, 2.24) is 10.3 Å². The van der Waals surface area contributed by atoms with Gasteiger partial charge in [0.15, 0.2) is 5.78 Å². The van der Waals surface area contributed by atoms with Crippen molar-refractivity contribution in [3.8, 4) is 11.8 Å². The van der Waals surface area contributed by atoms with Gasteiger partial charge in [-0.15, -0.1) is 0 Å². The zero-order chi connectivity index (χ0) is 15.9. The van der Waals surface area contributed by atoms with Crippen LogP contribution in [0.15, 0.2) is 18.3 Å². The maximum Gasteiger partial charge on any atom is 0.407 e. The molecule has 1 heterocycles. The van der Waals surface area contributed by atoms with E-state index < -0.39 is 11.7 Å². The maximum absolute atomic E-state index is 11.4. The van der Waals surface area contributed by atoms with Gasteiger partial charge in [0.25, 0.3) is 0 Å². The first-order valence-electron chi connectivity index (χ1n) is 6.70. The number of pyridine rings is 1. The van der Waals surface area contributed by atoms with E-state index in [9.17, 15) is 9.59 Å². The van der Waals surface area contributed by atoms with Crippen LogP contribution in [0.5, 0.6) is 0 Å². The van der Waals surface area contributed by atoms with E-state index in [1.807, 2.05) is 20.8 Å². The Labute approximate surface area is 125 Å². The fourth-order valence-electron chi connectivity index (χ4n) is 1.37. The fourth-order valence-corrected chi connectivity index (χ4v) is 1.37. The highest BCUT2D eigenvalue weighted by atomic mass is 16.6. The number of Topliss-reactive ketones (excluding diaryl/α,β-unsaturated/α-hetero) is 1. The summed E-state index contributed by atoms with van der Waals surface area (Å²) >= 11 is 0. The van der Waals surface area contributed by atoms with E-state index in [-0.39, 0.29) is 5.78 Å². The van der Waals surface area contributed by atoms with Gasteiger partial charge in [0, 0.05) is 24.7 Å². The van der Waals surface area contributed by atoms with Crippen molar-refractivity contribution in [3.05, 3.63) is 29.6 Å². The molecule has 0 saturated carbocycles. The zero-order valence-corrected chi connectivity index (χ0v) is 12.8. The third kappa shape index (κ3) is 7.11. The monoisotopic (exact) mass is 288 g/mol. The first-order valence-corrected chi connectivity index (χ1v) is 6.70. The van der Waals surface area contributed by atoms with Crippen LogP contribution in [0.1, 0.15) is 50.2 Å². The SMILES string of the molecule is CC(=O)c1ccc(C#CCCNC(=O)OC(C)(C)C)nc1.